The van der Waals surface area contributed by atoms with Crippen molar-refractivity contribution >= 4 is 45.8 Å². The molecule has 0 saturated heterocycles. The third-order valence-electron chi connectivity index (χ3n) is 0. The van der Waals surface area contributed by atoms with Crippen LogP contribution in [-0.4, -0.2) is 8.76 Å². The van der Waals surface area contributed by atoms with Gasteiger partial charge >= 0.3 is 0 Å². The van der Waals surface area contributed by atoms with Crippen LogP contribution in [0.5, 0.6) is 0 Å². The van der Waals surface area contributed by atoms with Crippen LogP contribution in [0.15, 0.2) is 0 Å². The Morgan fingerprint density at radius 2 is 1.50 bits per heavy atom. The monoisotopic (exact) mass is 171 g/mol. The predicted octanol–water partition coefficient (Wildman–Crippen LogP) is 0.863. The van der Waals surface area contributed by atoms with E-state index in [1.165, 1.54) is 0 Å². The molecule has 0 heterocycles. The van der Waals surface area contributed by atoms with Crippen molar-refractivity contribution in [2.75, 3.05) is 0 Å². The van der Waals surface area contributed by atoms with E-state index in [9.17, 15) is 0 Å². The highest BCUT2D eigenvalue weighted by Crippen LogP contribution is 1.71. The molecule has 6 heavy (non-hydrogen) atoms. The molecule has 0 aromatic carbocycles. The van der Waals surface area contributed by atoms with E-state index in [1.54, 1.807) is 0 Å². The SMILES string of the molecule is Cl.Cl.O=S([O-])Cl. The molecule has 0 aliphatic carbocycles. The second kappa shape index (κ2) is 9.36. The Kier molecular flexibility index (Phi) is 24.6. The van der Waals surface area contributed by atoms with E-state index in [4.69, 9.17) is 8.76 Å². The second-order valence-electron chi connectivity index (χ2n) is 0.194. The summed E-state index contributed by atoms with van der Waals surface area (Å²) in [4.78, 5) is 0. The topological polar surface area (TPSA) is 40.1 Å². The molecule has 0 aliphatic heterocycles. The van der Waals surface area contributed by atoms with E-state index in [-0.39, 0.29) is 24.8 Å². The number of halogens is 3. The minimum Gasteiger partial charge on any atom is -0.760 e. The van der Waals surface area contributed by atoms with Gasteiger partial charge in [-0.05, 0) is 10.7 Å². The van der Waals surface area contributed by atoms with Gasteiger partial charge < -0.3 is 4.55 Å². The Balaban J connectivity index is -0.0000000450. The van der Waals surface area contributed by atoms with Crippen molar-refractivity contribution in [3.63, 3.8) is 0 Å². The summed E-state index contributed by atoms with van der Waals surface area (Å²) in [7, 11) is 1.80. The average Bonchev–Trinajstić information content (AvgIpc) is 0.811. The smallest absolute Gasteiger partial charge is 0.0422 e. The summed E-state index contributed by atoms with van der Waals surface area (Å²) in [5.74, 6) is 0. The first kappa shape index (κ1) is 15.8. The summed E-state index contributed by atoms with van der Waals surface area (Å²) in [6, 6.07) is 0. The molecule has 0 amide bonds. The normalized spacial score (nSPS) is 10.3. The summed E-state index contributed by atoms with van der Waals surface area (Å²) >= 11 is 0. The molecular weight excluding hydrogens is 170 g/mol. The minimum absolute atomic E-state index is 0. The zero-order chi connectivity index (χ0) is 3.58. The van der Waals surface area contributed by atoms with Gasteiger partial charge in [0.1, 0.15) is 0 Å². The highest BCUT2D eigenvalue weighted by molar-refractivity contribution is 8.03. The maximum Gasteiger partial charge on any atom is 0.0422 e. The summed E-state index contributed by atoms with van der Waals surface area (Å²) in [6.07, 6.45) is 0. The number of rotatable bonds is 0. The Bertz CT molecular complexity index is 31.8. The van der Waals surface area contributed by atoms with Crippen molar-refractivity contribution in [1.82, 2.24) is 0 Å². The quantitative estimate of drug-likeness (QED) is 0.402. The fourth-order valence-corrected chi connectivity index (χ4v) is 0. The second-order valence-corrected chi connectivity index (χ2v) is 1.34. The lowest BCUT2D eigenvalue weighted by Gasteiger charge is -1.80. The van der Waals surface area contributed by atoms with E-state index >= 15 is 0 Å². The van der Waals surface area contributed by atoms with Gasteiger partial charge in [0.25, 0.3) is 0 Å². The minimum atomic E-state index is -2.39. The summed E-state index contributed by atoms with van der Waals surface area (Å²) in [5, 5.41) is 0. The van der Waals surface area contributed by atoms with Crippen LogP contribution in [0.25, 0.3) is 0 Å². The zero-order valence-corrected chi connectivity index (χ0v) is 5.62. The third-order valence-corrected chi connectivity index (χ3v) is 0. The average molecular weight is 172 g/mol. The van der Waals surface area contributed by atoms with Crippen LogP contribution >= 0.6 is 35.5 Å². The third kappa shape index (κ3) is 82.1. The predicted molar refractivity (Wildman–Crippen MR) is 29.3 cm³/mol. The molecule has 0 rings (SSSR count). The summed E-state index contributed by atoms with van der Waals surface area (Å²) in [6.45, 7) is 0. The van der Waals surface area contributed by atoms with Gasteiger partial charge in [-0.1, -0.05) is 0 Å². The van der Waals surface area contributed by atoms with E-state index in [2.05, 4.69) is 10.7 Å². The Labute approximate surface area is 54.9 Å². The molecule has 0 aromatic heterocycles. The van der Waals surface area contributed by atoms with E-state index in [0.717, 1.165) is 0 Å². The summed E-state index contributed by atoms with van der Waals surface area (Å²) < 4.78 is 17.5. The Morgan fingerprint density at radius 1 is 1.50 bits per heavy atom. The standard InChI is InChI=1S/ClHO2S.2ClH/c1-4(2)3;;/h(H,2,3);2*1H/p-1. The largest absolute Gasteiger partial charge is 0.760 e. The molecule has 1 unspecified atom stereocenters. The molecule has 0 bridgehead atoms. The molecule has 1 atom stereocenters. The van der Waals surface area contributed by atoms with E-state index in [1.807, 2.05) is 0 Å². The van der Waals surface area contributed by atoms with Crippen LogP contribution in [0.4, 0.5) is 0 Å². The van der Waals surface area contributed by atoms with Crippen LogP contribution < -0.4 is 0 Å². The van der Waals surface area contributed by atoms with Crippen LogP contribution in [0, 0.1) is 0 Å². The maximum atomic E-state index is 8.77. The lowest BCUT2D eigenvalue weighted by atomic mass is 15.9. The van der Waals surface area contributed by atoms with Crippen LogP contribution in [0.1, 0.15) is 0 Å². The lowest BCUT2D eigenvalue weighted by Crippen LogP contribution is -1.61. The molecule has 0 radical (unpaired) electrons. The van der Waals surface area contributed by atoms with Gasteiger partial charge in [0.05, 0.1) is 0 Å². The fraction of sp³-hybridized carbons (Fsp3) is 0. The molecule has 0 spiro atoms. The first-order chi connectivity index (χ1) is 1.73. The first-order valence-corrected chi connectivity index (χ1v) is 2.39. The Hall–Kier alpha value is 0.980. The van der Waals surface area contributed by atoms with Crippen LogP contribution in [0.2, 0.25) is 0 Å². The lowest BCUT2D eigenvalue weighted by molar-refractivity contribution is 0.552. The molecule has 6 heteroatoms. The summed E-state index contributed by atoms with van der Waals surface area (Å²) in [5.41, 5.74) is 0. The van der Waals surface area contributed by atoms with Crippen molar-refractivity contribution in [3.8, 4) is 0 Å². The molecule has 0 saturated carbocycles. The molecule has 0 aliphatic rings. The van der Waals surface area contributed by atoms with Crippen molar-refractivity contribution in [2.45, 2.75) is 0 Å². The number of hydrogen-bond acceptors (Lipinski definition) is 2. The van der Waals surface area contributed by atoms with Crippen molar-refractivity contribution < 1.29 is 8.76 Å². The van der Waals surface area contributed by atoms with E-state index < -0.39 is 10.3 Å². The molecule has 0 aromatic rings. The molecule has 0 N–H and O–H groups in total. The van der Waals surface area contributed by atoms with Crippen molar-refractivity contribution in [3.05, 3.63) is 0 Å². The molecule has 2 nitrogen and oxygen atoms in total. The van der Waals surface area contributed by atoms with Gasteiger partial charge in [0, 0.05) is 10.3 Å². The zero-order valence-electron chi connectivity index (χ0n) is 2.42. The van der Waals surface area contributed by atoms with Gasteiger partial charge in [0.15, 0.2) is 0 Å². The van der Waals surface area contributed by atoms with Gasteiger partial charge in [0.2, 0.25) is 0 Å². The van der Waals surface area contributed by atoms with Crippen LogP contribution in [0.3, 0.4) is 0 Å². The van der Waals surface area contributed by atoms with Crippen molar-refractivity contribution in [1.29, 1.82) is 0 Å². The molecular formula is H2Cl3O2S-. The van der Waals surface area contributed by atoms with Gasteiger partial charge in [-0.15, -0.1) is 24.8 Å². The van der Waals surface area contributed by atoms with E-state index in [0.29, 0.717) is 0 Å². The number of hydrogen-bond donors (Lipinski definition) is 0. The maximum absolute atomic E-state index is 8.77. The van der Waals surface area contributed by atoms with Gasteiger partial charge in [-0.25, -0.2) is 0 Å². The van der Waals surface area contributed by atoms with Gasteiger partial charge in [-0.2, -0.15) is 0 Å². The van der Waals surface area contributed by atoms with Crippen LogP contribution in [-0.2, 0) is 10.3 Å². The van der Waals surface area contributed by atoms with Crippen molar-refractivity contribution in [2.24, 2.45) is 0 Å². The van der Waals surface area contributed by atoms with Gasteiger partial charge in [-0.3, -0.25) is 4.21 Å². The molecule has 0 fully saturated rings. The fourth-order valence-electron chi connectivity index (χ4n) is 0. The highest BCUT2D eigenvalue weighted by atomic mass is 35.7. The molecule has 42 valence electrons. The first-order valence-electron chi connectivity index (χ1n) is 0.488. The Morgan fingerprint density at radius 3 is 1.50 bits per heavy atom. The highest BCUT2D eigenvalue weighted by Gasteiger charge is 1.46.